The molecule has 3 N–H and O–H groups in total. The van der Waals surface area contributed by atoms with E-state index in [1.54, 1.807) is 0 Å². The van der Waals surface area contributed by atoms with Gasteiger partial charge in [0.05, 0.1) is 12.1 Å². The third kappa shape index (κ3) is 2.70. The van der Waals surface area contributed by atoms with Gasteiger partial charge in [0.25, 0.3) is 0 Å². The van der Waals surface area contributed by atoms with E-state index in [2.05, 4.69) is 67.7 Å². The van der Waals surface area contributed by atoms with Crippen LogP contribution in [0.5, 0.6) is 0 Å². The van der Waals surface area contributed by atoms with Gasteiger partial charge in [0.15, 0.2) is 0 Å². The molecular formula is C17H16BrN5. The Labute approximate surface area is 142 Å². The summed E-state index contributed by atoms with van der Waals surface area (Å²) >= 11 is 3.48. The Morgan fingerprint density at radius 3 is 2.52 bits per heavy atom. The van der Waals surface area contributed by atoms with E-state index < -0.39 is 0 Å². The smallest absolute Gasteiger partial charge is 0.241 e. The maximum atomic E-state index is 5.81. The summed E-state index contributed by atoms with van der Waals surface area (Å²) in [4.78, 5) is 4.33. The summed E-state index contributed by atoms with van der Waals surface area (Å²) in [5, 5.41) is 7.81. The first kappa shape index (κ1) is 14.3. The molecule has 0 saturated carbocycles. The minimum Gasteiger partial charge on any atom is -0.366 e. The molecule has 6 heteroatoms. The van der Waals surface area contributed by atoms with E-state index in [1.807, 2.05) is 22.9 Å². The molecule has 2 atom stereocenters. The Morgan fingerprint density at radius 1 is 1.04 bits per heavy atom. The van der Waals surface area contributed by atoms with Crippen molar-refractivity contribution < 1.29 is 0 Å². The molecule has 3 aromatic rings. The highest BCUT2D eigenvalue weighted by atomic mass is 79.9. The van der Waals surface area contributed by atoms with Crippen LogP contribution in [-0.2, 0) is 0 Å². The molecule has 5 nitrogen and oxygen atoms in total. The number of hydrogen-bond acceptors (Lipinski definition) is 4. The number of benzene rings is 2. The molecule has 116 valence electrons. The van der Waals surface area contributed by atoms with Crippen molar-refractivity contribution in [3.05, 3.63) is 70.2 Å². The number of anilines is 2. The second-order valence-corrected chi connectivity index (χ2v) is 6.56. The fourth-order valence-electron chi connectivity index (χ4n) is 3.06. The minimum absolute atomic E-state index is 0.117. The molecule has 1 aliphatic rings. The number of nitrogens with zero attached hydrogens (tertiary/aromatic N) is 3. The van der Waals surface area contributed by atoms with Crippen molar-refractivity contribution in [2.75, 3.05) is 11.1 Å². The van der Waals surface area contributed by atoms with Crippen molar-refractivity contribution in [3.63, 3.8) is 0 Å². The zero-order valence-electron chi connectivity index (χ0n) is 12.4. The maximum Gasteiger partial charge on any atom is 0.241 e. The van der Waals surface area contributed by atoms with Gasteiger partial charge in [0.1, 0.15) is 0 Å². The van der Waals surface area contributed by atoms with Gasteiger partial charge in [0, 0.05) is 4.47 Å². The number of aromatic nitrogens is 3. The maximum absolute atomic E-state index is 5.81. The first-order valence-electron chi connectivity index (χ1n) is 7.49. The zero-order valence-corrected chi connectivity index (χ0v) is 13.9. The molecule has 0 saturated heterocycles. The van der Waals surface area contributed by atoms with Crippen LogP contribution in [0.4, 0.5) is 11.9 Å². The zero-order chi connectivity index (χ0) is 15.8. The Morgan fingerprint density at radius 2 is 1.78 bits per heavy atom. The van der Waals surface area contributed by atoms with Crippen LogP contribution < -0.4 is 11.1 Å². The number of nitrogen functional groups attached to an aromatic ring is 1. The highest BCUT2D eigenvalue weighted by molar-refractivity contribution is 9.10. The highest BCUT2D eigenvalue weighted by Crippen LogP contribution is 2.38. The SMILES string of the molecule is Nc1nc2n(n1)[C@H](c1ccccc1)C[C@@H](c1ccc(Br)cc1)N2. The summed E-state index contributed by atoms with van der Waals surface area (Å²) in [6.45, 7) is 0. The molecule has 0 fully saturated rings. The van der Waals surface area contributed by atoms with Crippen molar-refractivity contribution in [3.8, 4) is 0 Å². The van der Waals surface area contributed by atoms with Crippen LogP contribution in [0.3, 0.4) is 0 Å². The van der Waals surface area contributed by atoms with E-state index in [1.165, 1.54) is 11.1 Å². The van der Waals surface area contributed by atoms with Gasteiger partial charge in [-0.05, 0) is 29.7 Å². The van der Waals surface area contributed by atoms with Crippen molar-refractivity contribution >= 4 is 27.8 Å². The van der Waals surface area contributed by atoms with Gasteiger partial charge in [0.2, 0.25) is 11.9 Å². The van der Waals surface area contributed by atoms with Gasteiger partial charge in [-0.3, -0.25) is 0 Å². The molecule has 0 radical (unpaired) electrons. The number of rotatable bonds is 2. The molecule has 1 aromatic heterocycles. The summed E-state index contributed by atoms with van der Waals surface area (Å²) in [5.41, 5.74) is 8.25. The van der Waals surface area contributed by atoms with Crippen molar-refractivity contribution in [1.29, 1.82) is 0 Å². The second-order valence-electron chi connectivity index (χ2n) is 5.65. The van der Waals surface area contributed by atoms with Crippen LogP contribution >= 0.6 is 15.9 Å². The van der Waals surface area contributed by atoms with Gasteiger partial charge < -0.3 is 11.1 Å². The van der Waals surface area contributed by atoms with Crippen molar-refractivity contribution in [2.45, 2.75) is 18.5 Å². The molecule has 4 rings (SSSR count). The number of hydrogen-bond donors (Lipinski definition) is 2. The standard InChI is InChI=1S/C17H16BrN5/c18-13-8-6-11(7-9-13)14-10-15(12-4-2-1-3-5-12)23-17(20-14)21-16(19)22-23/h1-9,14-15H,10H2,(H3,19,20,21,22)/t14-,15-/m0/s1. The third-order valence-corrected chi connectivity index (χ3v) is 4.69. The lowest BCUT2D eigenvalue weighted by atomic mass is 9.93. The normalized spacial score (nSPS) is 19.9. The number of nitrogens with two attached hydrogens (primary N) is 1. The minimum atomic E-state index is 0.117. The summed E-state index contributed by atoms with van der Waals surface area (Å²) in [5.74, 6) is 1.01. The topological polar surface area (TPSA) is 68.8 Å². The van der Waals surface area contributed by atoms with Crippen molar-refractivity contribution in [2.24, 2.45) is 0 Å². The van der Waals surface area contributed by atoms with E-state index in [4.69, 9.17) is 5.73 Å². The van der Waals surface area contributed by atoms with Gasteiger partial charge in [-0.1, -0.05) is 58.4 Å². The molecule has 0 amide bonds. The van der Waals surface area contributed by atoms with Gasteiger partial charge in [-0.2, -0.15) is 4.98 Å². The summed E-state index contributed by atoms with van der Waals surface area (Å²) in [6, 6.07) is 19.0. The average molecular weight is 370 g/mol. The highest BCUT2D eigenvalue weighted by Gasteiger charge is 2.30. The molecule has 0 spiro atoms. The van der Waals surface area contributed by atoms with Crippen LogP contribution in [0.15, 0.2) is 59.1 Å². The summed E-state index contributed by atoms with van der Waals surface area (Å²) in [7, 11) is 0. The molecular weight excluding hydrogens is 354 g/mol. The van der Waals surface area contributed by atoms with Crippen LogP contribution in [-0.4, -0.2) is 14.8 Å². The molecule has 2 heterocycles. The number of nitrogens with one attached hydrogen (secondary N) is 1. The average Bonchev–Trinajstić information content (AvgIpc) is 2.95. The predicted octanol–water partition coefficient (Wildman–Crippen LogP) is 3.77. The first-order chi connectivity index (χ1) is 11.2. The third-order valence-electron chi connectivity index (χ3n) is 4.16. The monoisotopic (exact) mass is 369 g/mol. The van der Waals surface area contributed by atoms with E-state index >= 15 is 0 Å². The molecule has 1 aliphatic heterocycles. The van der Waals surface area contributed by atoms with Crippen LogP contribution in [0, 0.1) is 0 Å². The Balaban J connectivity index is 1.75. The molecule has 2 aromatic carbocycles. The lowest BCUT2D eigenvalue weighted by Gasteiger charge is -2.31. The van der Waals surface area contributed by atoms with Crippen LogP contribution in [0.2, 0.25) is 0 Å². The van der Waals surface area contributed by atoms with E-state index in [0.29, 0.717) is 5.95 Å². The second kappa shape index (κ2) is 5.70. The van der Waals surface area contributed by atoms with Gasteiger partial charge in [-0.25, -0.2) is 4.68 Å². The number of fused-ring (bicyclic) bond motifs is 1. The van der Waals surface area contributed by atoms with Gasteiger partial charge in [-0.15, -0.1) is 5.10 Å². The summed E-state index contributed by atoms with van der Waals surface area (Å²) < 4.78 is 2.96. The molecule has 0 aliphatic carbocycles. The predicted molar refractivity (Wildman–Crippen MR) is 94.1 cm³/mol. The summed E-state index contributed by atoms with van der Waals surface area (Å²) in [6.07, 6.45) is 0.890. The lowest BCUT2D eigenvalue weighted by molar-refractivity contribution is 0.431. The van der Waals surface area contributed by atoms with Crippen molar-refractivity contribution in [1.82, 2.24) is 14.8 Å². The van der Waals surface area contributed by atoms with E-state index in [-0.39, 0.29) is 12.1 Å². The largest absolute Gasteiger partial charge is 0.366 e. The molecule has 0 bridgehead atoms. The fourth-order valence-corrected chi connectivity index (χ4v) is 3.32. The lowest BCUT2D eigenvalue weighted by Crippen LogP contribution is -2.28. The quantitative estimate of drug-likeness (QED) is 0.721. The van der Waals surface area contributed by atoms with E-state index in [0.717, 1.165) is 16.8 Å². The van der Waals surface area contributed by atoms with Crippen LogP contribution in [0.1, 0.15) is 29.6 Å². The van der Waals surface area contributed by atoms with E-state index in [9.17, 15) is 0 Å². The molecule has 0 unspecified atom stereocenters. The molecule has 23 heavy (non-hydrogen) atoms. The van der Waals surface area contributed by atoms with Crippen LogP contribution in [0.25, 0.3) is 0 Å². The van der Waals surface area contributed by atoms with Gasteiger partial charge >= 0.3 is 0 Å². The number of halogens is 1. The Bertz CT molecular complexity index is 813. The fraction of sp³-hybridized carbons (Fsp3) is 0.176. The Hall–Kier alpha value is -2.34. The first-order valence-corrected chi connectivity index (χ1v) is 8.29. The Kier molecular flexibility index (Phi) is 3.53.